The Labute approximate surface area is 128 Å². The number of hydrogen-bond donors (Lipinski definition) is 0. The van der Waals surface area contributed by atoms with E-state index in [1.165, 1.54) is 0 Å². The molecule has 0 fully saturated rings. The third-order valence-electron chi connectivity index (χ3n) is 3.38. The third-order valence-corrected chi connectivity index (χ3v) is 3.38. The number of methoxy groups -OCH3 is 1. The summed E-state index contributed by atoms with van der Waals surface area (Å²) in [4.78, 5) is 10.7. The van der Waals surface area contributed by atoms with Crippen molar-refractivity contribution in [1.82, 2.24) is 0 Å². The first kappa shape index (κ1) is 14.2. The topological polar surface area (TPSA) is 48.7 Å². The molecule has 0 spiro atoms. The number of aldehydes is 1. The minimum Gasteiger partial charge on any atom is -0.496 e. The Kier molecular flexibility index (Phi) is 4.10. The predicted molar refractivity (Wildman–Crippen MR) is 83.3 cm³/mol. The van der Waals surface area contributed by atoms with E-state index in [9.17, 15) is 4.79 Å². The summed E-state index contributed by atoms with van der Waals surface area (Å²) in [5.41, 5.74) is 1.73. The second-order valence-corrected chi connectivity index (χ2v) is 4.90. The molecule has 0 saturated carbocycles. The fraction of sp³-hybridized carbons (Fsp3) is 0.167. The first-order chi connectivity index (χ1) is 10.8. The van der Waals surface area contributed by atoms with Crippen LogP contribution in [0.1, 0.15) is 11.3 Å². The number of carbonyl (C=O) groups excluding carboxylic acids is 1. The molecule has 0 aliphatic heterocycles. The van der Waals surface area contributed by atoms with Gasteiger partial charge in [-0.1, -0.05) is 30.3 Å². The summed E-state index contributed by atoms with van der Waals surface area (Å²) >= 11 is 0. The molecule has 0 bridgehead atoms. The molecule has 4 nitrogen and oxygen atoms in total. The van der Waals surface area contributed by atoms with E-state index in [2.05, 4.69) is 0 Å². The second-order valence-electron chi connectivity index (χ2n) is 4.90. The number of carbonyl (C=O) groups is 1. The van der Waals surface area contributed by atoms with Gasteiger partial charge in [0.2, 0.25) is 0 Å². The lowest BCUT2D eigenvalue weighted by molar-refractivity contribution is -0.107. The lowest BCUT2D eigenvalue weighted by Crippen LogP contribution is -1.96. The molecule has 0 atom stereocenters. The van der Waals surface area contributed by atoms with Crippen molar-refractivity contribution in [3.63, 3.8) is 0 Å². The normalized spacial score (nSPS) is 10.6. The molecule has 0 aliphatic rings. The predicted octanol–water partition coefficient (Wildman–Crippen LogP) is 3.76. The second kappa shape index (κ2) is 6.35. The summed E-state index contributed by atoms with van der Waals surface area (Å²) in [6.07, 6.45) is 1.06. The lowest BCUT2D eigenvalue weighted by atomic mass is 10.2. The average molecular weight is 296 g/mol. The van der Waals surface area contributed by atoms with Gasteiger partial charge in [0, 0.05) is 12.1 Å². The van der Waals surface area contributed by atoms with Gasteiger partial charge in [0.1, 0.15) is 35.7 Å². The minimum atomic E-state index is 0.245. The molecule has 112 valence electrons. The van der Waals surface area contributed by atoms with Crippen LogP contribution in [0.3, 0.4) is 0 Å². The van der Waals surface area contributed by atoms with Crippen molar-refractivity contribution < 1.29 is 18.7 Å². The van der Waals surface area contributed by atoms with Gasteiger partial charge in [-0.05, 0) is 11.6 Å². The zero-order valence-electron chi connectivity index (χ0n) is 12.2. The highest BCUT2D eigenvalue weighted by Crippen LogP contribution is 2.34. The quantitative estimate of drug-likeness (QED) is 0.650. The monoisotopic (exact) mass is 296 g/mol. The Bertz CT molecular complexity index is 774. The highest BCUT2D eigenvalue weighted by Gasteiger charge is 2.12. The van der Waals surface area contributed by atoms with Crippen LogP contribution < -0.4 is 9.47 Å². The van der Waals surface area contributed by atoms with Crippen molar-refractivity contribution in [1.29, 1.82) is 0 Å². The maximum Gasteiger partial charge on any atom is 0.141 e. The van der Waals surface area contributed by atoms with Gasteiger partial charge in [-0.3, -0.25) is 0 Å². The van der Waals surface area contributed by atoms with Crippen LogP contribution in [0.4, 0.5) is 0 Å². The zero-order chi connectivity index (χ0) is 15.4. The van der Waals surface area contributed by atoms with Crippen LogP contribution in [0.25, 0.3) is 11.0 Å². The highest BCUT2D eigenvalue weighted by atomic mass is 16.5. The van der Waals surface area contributed by atoms with Gasteiger partial charge >= 0.3 is 0 Å². The summed E-state index contributed by atoms with van der Waals surface area (Å²) < 4.78 is 16.8. The van der Waals surface area contributed by atoms with E-state index in [1.54, 1.807) is 13.2 Å². The highest BCUT2D eigenvalue weighted by molar-refractivity contribution is 5.86. The summed E-state index contributed by atoms with van der Waals surface area (Å²) in [6, 6.07) is 15.4. The largest absolute Gasteiger partial charge is 0.496 e. The fourth-order valence-corrected chi connectivity index (χ4v) is 2.29. The van der Waals surface area contributed by atoms with Gasteiger partial charge in [-0.25, -0.2) is 0 Å². The van der Waals surface area contributed by atoms with Crippen molar-refractivity contribution in [3.8, 4) is 11.5 Å². The molecule has 0 radical (unpaired) electrons. The first-order valence-corrected chi connectivity index (χ1v) is 7.01. The maximum absolute atomic E-state index is 10.7. The Morgan fingerprint density at radius 1 is 1.14 bits per heavy atom. The Morgan fingerprint density at radius 2 is 1.95 bits per heavy atom. The van der Waals surface area contributed by atoms with Crippen LogP contribution in [-0.4, -0.2) is 13.4 Å². The van der Waals surface area contributed by atoms with E-state index in [0.717, 1.165) is 17.2 Å². The Balaban J connectivity index is 1.93. The molecule has 3 aromatic rings. The third kappa shape index (κ3) is 2.96. The summed E-state index contributed by atoms with van der Waals surface area (Å²) in [6.45, 7) is 0.456. The van der Waals surface area contributed by atoms with Crippen molar-refractivity contribution in [3.05, 3.63) is 59.9 Å². The van der Waals surface area contributed by atoms with E-state index < -0.39 is 0 Å². The molecule has 1 heterocycles. The van der Waals surface area contributed by atoms with E-state index in [-0.39, 0.29) is 6.42 Å². The standard InChI is InChI=1S/C18H16O4/c1-20-15-10-17(21-12-13-5-3-2-4-6-13)16-9-14(7-8-19)22-18(16)11-15/h2-6,8-11H,7,12H2,1H3. The number of hydrogen-bond acceptors (Lipinski definition) is 4. The van der Waals surface area contributed by atoms with Crippen LogP contribution in [0.15, 0.2) is 52.9 Å². The van der Waals surface area contributed by atoms with Crippen LogP contribution in [0.5, 0.6) is 11.5 Å². The molecule has 22 heavy (non-hydrogen) atoms. The average Bonchev–Trinajstić information content (AvgIpc) is 2.96. The van der Waals surface area contributed by atoms with Gasteiger partial charge in [-0.15, -0.1) is 0 Å². The maximum atomic E-state index is 10.7. The van der Waals surface area contributed by atoms with E-state index >= 15 is 0 Å². The number of fused-ring (bicyclic) bond motifs is 1. The van der Waals surface area contributed by atoms with Crippen LogP contribution in [0, 0.1) is 0 Å². The molecular formula is C18H16O4. The molecule has 3 rings (SSSR count). The van der Waals surface area contributed by atoms with Gasteiger partial charge in [0.15, 0.2) is 0 Å². The number of ether oxygens (including phenoxy) is 2. The zero-order valence-corrected chi connectivity index (χ0v) is 12.2. The van der Waals surface area contributed by atoms with Crippen LogP contribution in [0.2, 0.25) is 0 Å². The molecule has 0 aliphatic carbocycles. The van der Waals surface area contributed by atoms with Crippen molar-refractivity contribution >= 4 is 17.3 Å². The van der Waals surface area contributed by atoms with Gasteiger partial charge in [-0.2, -0.15) is 0 Å². The SMILES string of the molecule is COc1cc(OCc2ccccc2)c2cc(CC=O)oc2c1. The molecule has 1 aromatic heterocycles. The van der Waals surface area contributed by atoms with E-state index in [1.807, 2.05) is 42.5 Å². The molecule has 0 unspecified atom stereocenters. The summed E-state index contributed by atoms with van der Waals surface area (Å²) in [5, 5.41) is 0.841. The fourth-order valence-electron chi connectivity index (χ4n) is 2.29. The molecule has 2 aromatic carbocycles. The lowest BCUT2D eigenvalue weighted by Gasteiger charge is -2.09. The van der Waals surface area contributed by atoms with Gasteiger partial charge in [0.05, 0.1) is 18.9 Å². The molecule has 0 N–H and O–H groups in total. The number of benzene rings is 2. The van der Waals surface area contributed by atoms with Crippen molar-refractivity contribution in [2.75, 3.05) is 7.11 Å². The molecule has 4 heteroatoms. The van der Waals surface area contributed by atoms with Crippen molar-refractivity contribution in [2.24, 2.45) is 0 Å². The van der Waals surface area contributed by atoms with E-state index in [0.29, 0.717) is 29.4 Å². The van der Waals surface area contributed by atoms with Crippen molar-refractivity contribution in [2.45, 2.75) is 13.0 Å². The molecular weight excluding hydrogens is 280 g/mol. The summed E-state index contributed by atoms with van der Waals surface area (Å²) in [7, 11) is 1.59. The molecule has 0 saturated heterocycles. The van der Waals surface area contributed by atoms with Crippen LogP contribution in [-0.2, 0) is 17.8 Å². The number of rotatable bonds is 6. The Hall–Kier alpha value is -2.75. The Morgan fingerprint density at radius 3 is 2.68 bits per heavy atom. The summed E-state index contributed by atoms with van der Waals surface area (Å²) in [5.74, 6) is 1.95. The minimum absolute atomic E-state index is 0.245. The number of furan rings is 1. The smallest absolute Gasteiger partial charge is 0.141 e. The molecule has 0 amide bonds. The first-order valence-electron chi connectivity index (χ1n) is 7.01. The van der Waals surface area contributed by atoms with Gasteiger partial charge in [0.25, 0.3) is 0 Å². The van der Waals surface area contributed by atoms with Gasteiger partial charge < -0.3 is 18.7 Å². The van der Waals surface area contributed by atoms with E-state index in [4.69, 9.17) is 13.9 Å². The van der Waals surface area contributed by atoms with Crippen LogP contribution >= 0.6 is 0 Å².